The third kappa shape index (κ3) is 3.45. The van der Waals surface area contributed by atoms with Gasteiger partial charge in [0.1, 0.15) is 11.9 Å². The van der Waals surface area contributed by atoms with Gasteiger partial charge in [0.05, 0.1) is 17.3 Å². The van der Waals surface area contributed by atoms with Crippen LogP contribution >= 0.6 is 0 Å². The van der Waals surface area contributed by atoms with Crippen molar-refractivity contribution in [3.63, 3.8) is 0 Å². The lowest BCUT2D eigenvalue weighted by atomic mass is 10.1. The molecule has 0 spiro atoms. The van der Waals surface area contributed by atoms with E-state index in [-0.39, 0.29) is 23.4 Å². The third-order valence-electron chi connectivity index (χ3n) is 4.05. The van der Waals surface area contributed by atoms with Crippen LogP contribution in [-0.4, -0.2) is 27.8 Å². The highest BCUT2D eigenvalue weighted by molar-refractivity contribution is 5.93. The first kappa shape index (κ1) is 16.2. The number of carbonyl (C=O) groups excluding carboxylic acids is 2. The van der Waals surface area contributed by atoms with Crippen molar-refractivity contribution in [1.29, 1.82) is 0 Å². The normalized spacial score (nSPS) is 19.9. The fourth-order valence-corrected chi connectivity index (χ4v) is 2.97. The number of esters is 1. The van der Waals surface area contributed by atoms with E-state index in [1.54, 1.807) is 10.9 Å². The average Bonchev–Trinajstić information content (AvgIpc) is 3.19. The maximum atomic E-state index is 13.7. The number of hydrogen-bond donors (Lipinski definition) is 1. The van der Waals surface area contributed by atoms with Crippen LogP contribution in [0.1, 0.15) is 42.6 Å². The molecule has 1 heterocycles. The van der Waals surface area contributed by atoms with Crippen LogP contribution in [0.4, 0.5) is 10.1 Å². The maximum Gasteiger partial charge on any atom is 0.338 e. The van der Waals surface area contributed by atoms with E-state index in [0.717, 1.165) is 25.3 Å². The molecule has 6 nitrogen and oxygen atoms in total. The zero-order valence-corrected chi connectivity index (χ0v) is 13.2. The molecule has 1 aromatic heterocycles. The molecule has 1 aliphatic rings. The first-order chi connectivity index (χ1) is 11.5. The first-order valence-electron chi connectivity index (χ1n) is 7.82. The SMILES string of the molecule is CC(=O)Nc1cc(C(=O)O[C@@H]2CCC[C@H]2n2cccn2)ccc1F. The second kappa shape index (κ2) is 6.82. The lowest BCUT2D eigenvalue weighted by Crippen LogP contribution is -2.25. The van der Waals surface area contributed by atoms with Gasteiger partial charge in [0.25, 0.3) is 0 Å². The number of halogens is 1. The van der Waals surface area contributed by atoms with E-state index in [1.807, 2.05) is 12.3 Å². The van der Waals surface area contributed by atoms with Crippen molar-refractivity contribution in [3.8, 4) is 0 Å². The molecule has 1 amide bonds. The highest BCUT2D eigenvalue weighted by Gasteiger charge is 2.32. The van der Waals surface area contributed by atoms with E-state index in [0.29, 0.717) is 0 Å². The Bertz CT molecular complexity index is 746. The number of ether oxygens (including phenoxy) is 1. The molecule has 0 saturated heterocycles. The number of rotatable bonds is 4. The van der Waals surface area contributed by atoms with Crippen molar-refractivity contribution < 1.29 is 18.7 Å². The molecule has 0 aliphatic heterocycles. The molecule has 2 atom stereocenters. The van der Waals surface area contributed by atoms with Crippen molar-refractivity contribution in [3.05, 3.63) is 48.0 Å². The van der Waals surface area contributed by atoms with Crippen molar-refractivity contribution in [1.82, 2.24) is 9.78 Å². The quantitative estimate of drug-likeness (QED) is 0.874. The molecular weight excluding hydrogens is 313 g/mol. The minimum Gasteiger partial charge on any atom is -0.456 e. The number of amides is 1. The second-order valence-electron chi connectivity index (χ2n) is 5.80. The molecule has 1 saturated carbocycles. The predicted octanol–water partition coefficient (Wildman–Crippen LogP) is 2.93. The molecule has 0 radical (unpaired) electrons. The fraction of sp³-hybridized carbons (Fsp3) is 0.353. The zero-order valence-electron chi connectivity index (χ0n) is 13.2. The summed E-state index contributed by atoms with van der Waals surface area (Å²) in [6.07, 6.45) is 5.87. The molecule has 3 rings (SSSR count). The Balaban J connectivity index is 1.74. The Hall–Kier alpha value is -2.70. The summed E-state index contributed by atoms with van der Waals surface area (Å²) >= 11 is 0. The van der Waals surface area contributed by atoms with Crippen LogP contribution in [-0.2, 0) is 9.53 Å². The Morgan fingerprint density at radius 1 is 1.38 bits per heavy atom. The Morgan fingerprint density at radius 3 is 2.92 bits per heavy atom. The van der Waals surface area contributed by atoms with Crippen LogP contribution in [0.3, 0.4) is 0 Å². The van der Waals surface area contributed by atoms with Gasteiger partial charge in [0.15, 0.2) is 0 Å². The Morgan fingerprint density at radius 2 is 2.21 bits per heavy atom. The number of anilines is 1. The van der Waals surface area contributed by atoms with Gasteiger partial charge in [-0.25, -0.2) is 9.18 Å². The van der Waals surface area contributed by atoms with Gasteiger partial charge in [-0.3, -0.25) is 9.48 Å². The van der Waals surface area contributed by atoms with Crippen molar-refractivity contribution in [2.75, 3.05) is 5.32 Å². The van der Waals surface area contributed by atoms with Gasteiger partial charge in [0, 0.05) is 19.3 Å². The Labute approximate surface area is 138 Å². The van der Waals surface area contributed by atoms with Crippen LogP contribution in [0, 0.1) is 5.82 Å². The minimum atomic E-state index is -0.600. The van der Waals surface area contributed by atoms with E-state index in [1.165, 1.54) is 19.1 Å². The van der Waals surface area contributed by atoms with Crippen LogP contribution < -0.4 is 5.32 Å². The molecule has 0 bridgehead atoms. The third-order valence-corrected chi connectivity index (χ3v) is 4.05. The number of nitrogens with one attached hydrogen (secondary N) is 1. The summed E-state index contributed by atoms with van der Waals surface area (Å²) in [5.41, 5.74) is 0.165. The maximum absolute atomic E-state index is 13.7. The van der Waals surface area contributed by atoms with Gasteiger partial charge < -0.3 is 10.1 Å². The minimum absolute atomic E-state index is 0.0132. The van der Waals surface area contributed by atoms with Crippen LogP contribution in [0.5, 0.6) is 0 Å². The number of hydrogen-bond acceptors (Lipinski definition) is 4. The number of aromatic nitrogens is 2. The van der Waals surface area contributed by atoms with Crippen molar-refractivity contribution in [2.24, 2.45) is 0 Å². The smallest absolute Gasteiger partial charge is 0.338 e. The lowest BCUT2D eigenvalue weighted by molar-refractivity contribution is -0.114. The van der Waals surface area contributed by atoms with Gasteiger partial charge >= 0.3 is 5.97 Å². The largest absolute Gasteiger partial charge is 0.456 e. The molecule has 126 valence electrons. The van der Waals surface area contributed by atoms with Gasteiger partial charge in [-0.05, 0) is 43.5 Å². The van der Waals surface area contributed by atoms with E-state index in [9.17, 15) is 14.0 Å². The topological polar surface area (TPSA) is 73.2 Å². The monoisotopic (exact) mass is 331 g/mol. The summed E-state index contributed by atoms with van der Waals surface area (Å²) in [4.78, 5) is 23.5. The van der Waals surface area contributed by atoms with Crippen molar-refractivity contribution >= 4 is 17.6 Å². The molecule has 0 unspecified atom stereocenters. The van der Waals surface area contributed by atoms with E-state index < -0.39 is 17.7 Å². The second-order valence-corrected chi connectivity index (χ2v) is 5.80. The fourth-order valence-electron chi connectivity index (χ4n) is 2.97. The summed E-state index contributed by atoms with van der Waals surface area (Å²) in [7, 11) is 0. The van der Waals surface area contributed by atoms with E-state index in [4.69, 9.17) is 4.74 Å². The van der Waals surface area contributed by atoms with Gasteiger partial charge in [0.2, 0.25) is 5.91 Å². The summed E-state index contributed by atoms with van der Waals surface area (Å²) in [6, 6.07) is 5.62. The molecule has 2 aromatic rings. The molecule has 1 aromatic carbocycles. The molecule has 7 heteroatoms. The van der Waals surface area contributed by atoms with Crippen LogP contribution in [0.15, 0.2) is 36.7 Å². The molecule has 24 heavy (non-hydrogen) atoms. The molecule has 1 fully saturated rings. The Kier molecular flexibility index (Phi) is 4.59. The predicted molar refractivity (Wildman–Crippen MR) is 85.0 cm³/mol. The number of nitrogens with zero attached hydrogens (tertiary/aromatic N) is 2. The highest BCUT2D eigenvalue weighted by Crippen LogP contribution is 2.32. The standard InChI is InChI=1S/C17H18FN3O3/c1-11(22)20-14-10-12(6-7-13(14)18)17(23)24-16-5-2-4-15(16)21-9-3-8-19-21/h3,6-10,15-16H,2,4-5H2,1H3,(H,20,22)/t15-,16-/m1/s1. The van der Waals surface area contributed by atoms with Gasteiger partial charge in [-0.2, -0.15) is 5.10 Å². The summed E-state index contributed by atoms with van der Waals surface area (Å²) in [6.45, 7) is 1.28. The molecule has 1 aliphatic carbocycles. The molecule has 1 N–H and O–H groups in total. The van der Waals surface area contributed by atoms with E-state index >= 15 is 0 Å². The average molecular weight is 331 g/mol. The van der Waals surface area contributed by atoms with Gasteiger partial charge in [-0.1, -0.05) is 0 Å². The lowest BCUT2D eigenvalue weighted by Gasteiger charge is -2.20. The first-order valence-corrected chi connectivity index (χ1v) is 7.82. The summed E-state index contributed by atoms with van der Waals surface area (Å²) in [5.74, 6) is -1.54. The van der Waals surface area contributed by atoms with E-state index in [2.05, 4.69) is 10.4 Å². The zero-order chi connectivity index (χ0) is 17.1. The summed E-state index contributed by atoms with van der Waals surface area (Å²) < 4.78 is 21.1. The van der Waals surface area contributed by atoms with Crippen LogP contribution in [0.25, 0.3) is 0 Å². The van der Waals surface area contributed by atoms with Crippen molar-refractivity contribution in [2.45, 2.75) is 38.3 Å². The highest BCUT2D eigenvalue weighted by atomic mass is 19.1. The van der Waals surface area contributed by atoms with Crippen LogP contribution in [0.2, 0.25) is 0 Å². The number of benzene rings is 1. The molecular formula is C17H18FN3O3. The number of carbonyl (C=O) groups is 2. The van der Waals surface area contributed by atoms with Gasteiger partial charge in [-0.15, -0.1) is 0 Å². The summed E-state index contributed by atoms with van der Waals surface area (Å²) in [5, 5.41) is 6.57.